The molecule has 1 unspecified atom stereocenters. The van der Waals surface area contributed by atoms with Gasteiger partial charge in [0.2, 0.25) is 0 Å². The normalized spacial score (nSPS) is 11.5. The summed E-state index contributed by atoms with van der Waals surface area (Å²) in [7, 11) is 1.38. The van der Waals surface area contributed by atoms with Gasteiger partial charge < -0.3 is 15.4 Å². The Bertz CT molecular complexity index is 940. The van der Waals surface area contributed by atoms with Crippen molar-refractivity contribution in [2.75, 3.05) is 12.4 Å². The summed E-state index contributed by atoms with van der Waals surface area (Å²) < 4.78 is 4.94. The van der Waals surface area contributed by atoms with Crippen molar-refractivity contribution in [1.29, 1.82) is 0 Å². The molecule has 0 aliphatic rings. The summed E-state index contributed by atoms with van der Waals surface area (Å²) >= 11 is 6.98. The molecule has 2 aromatic carbocycles. The van der Waals surface area contributed by atoms with Crippen LogP contribution in [0.2, 0.25) is 0 Å². The molecule has 144 valence electrons. The van der Waals surface area contributed by atoms with Crippen LogP contribution in [-0.4, -0.2) is 18.2 Å². The Morgan fingerprint density at radius 1 is 1.11 bits per heavy atom. The highest BCUT2D eigenvalue weighted by atomic mass is 32.1. The summed E-state index contributed by atoms with van der Waals surface area (Å²) in [4.78, 5) is 13.3. The predicted octanol–water partition coefficient (Wildman–Crippen LogP) is 5.17. The first-order valence-corrected chi connectivity index (χ1v) is 10.2. The first-order valence-electron chi connectivity index (χ1n) is 8.94. The van der Waals surface area contributed by atoms with E-state index in [-0.39, 0.29) is 12.0 Å². The van der Waals surface area contributed by atoms with Crippen LogP contribution in [0.1, 0.15) is 39.3 Å². The minimum Gasteiger partial charge on any atom is -0.465 e. The molecule has 28 heavy (non-hydrogen) atoms. The monoisotopic (exact) mass is 410 g/mol. The molecule has 1 aromatic heterocycles. The zero-order valence-corrected chi connectivity index (χ0v) is 17.4. The number of methoxy groups -OCH3 is 1. The van der Waals surface area contributed by atoms with Gasteiger partial charge in [-0.25, -0.2) is 4.79 Å². The van der Waals surface area contributed by atoms with E-state index in [2.05, 4.69) is 22.8 Å². The molecule has 0 saturated heterocycles. The lowest BCUT2D eigenvalue weighted by Gasteiger charge is -2.17. The summed E-state index contributed by atoms with van der Waals surface area (Å²) in [6.45, 7) is 2.04. The van der Waals surface area contributed by atoms with Gasteiger partial charge in [-0.05, 0) is 36.3 Å². The highest BCUT2D eigenvalue weighted by Crippen LogP contribution is 2.30. The Morgan fingerprint density at radius 2 is 1.75 bits per heavy atom. The maximum absolute atomic E-state index is 12.2. The second-order valence-electron chi connectivity index (χ2n) is 6.34. The van der Waals surface area contributed by atoms with Crippen molar-refractivity contribution < 1.29 is 9.53 Å². The van der Waals surface area contributed by atoms with Crippen LogP contribution >= 0.6 is 23.6 Å². The van der Waals surface area contributed by atoms with Gasteiger partial charge in [0, 0.05) is 11.3 Å². The third-order valence-corrected chi connectivity index (χ3v) is 5.55. The summed E-state index contributed by atoms with van der Waals surface area (Å²) in [5.74, 6) is -0.378. The van der Waals surface area contributed by atoms with Gasteiger partial charge in [-0.2, -0.15) is 0 Å². The lowest BCUT2D eigenvalue weighted by atomic mass is 10.1. The highest BCUT2D eigenvalue weighted by Gasteiger charge is 2.18. The minimum absolute atomic E-state index is 0.0477. The summed E-state index contributed by atoms with van der Waals surface area (Å²) in [6, 6.07) is 22.1. The second-order valence-corrected chi connectivity index (χ2v) is 7.89. The van der Waals surface area contributed by atoms with E-state index in [1.165, 1.54) is 24.0 Å². The Kier molecular flexibility index (Phi) is 6.79. The van der Waals surface area contributed by atoms with Crippen molar-refractivity contribution in [3.05, 3.63) is 88.3 Å². The summed E-state index contributed by atoms with van der Waals surface area (Å²) in [5.41, 5.74) is 2.82. The number of hydrogen-bond donors (Lipinski definition) is 2. The highest BCUT2D eigenvalue weighted by molar-refractivity contribution is 7.80. The van der Waals surface area contributed by atoms with E-state index in [1.54, 1.807) is 0 Å². The molecule has 1 heterocycles. The first kappa shape index (κ1) is 20.0. The molecule has 2 N–H and O–H groups in total. The number of anilines is 1. The smallest absolute Gasteiger partial charge is 0.340 e. The van der Waals surface area contributed by atoms with Crippen LogP contribution in [0, 0.1) is 0 Å². The van der Waals surface area contributed by atoms with Gasteiger partial charge in [0.1, 0.15) is 5.00 Å². The van der Waals surface area contributed by atoms with Gasteiger partial charge in [0.15, 0.2) is 5.11 Å². The van der Waals surface area contributed by atoms with Crippen molar-refractivity contribution in [1.82, 2.24) is 5.32 Å². The van der Waals surface area contributed by atoms with Crippen LogP contribution in [0.15, 0.2) is 66.7 Å². The van der Waals surface area contributed by atoms with Gasteiger partial charge in [0.25, 0.3) is 0 Å². The number of nitrogens with one attached hydrogen (secondary N) is 2. The van der Waals surface area contributed by atoms with Gasteiger partial charge in [-0.1, -0.05) is 60.7 Å². The molecule has 3 rings (SSSR count). The van der Waals surface area contributed by atoms with Gasteiger partial charge in [-0.3, -0.25) is 0 Å². The van der Waals surface area contributed by atoms with E-state index in [4.69, 9.17) is 17.0 Å². The molecule has 4 nitrogen and oxygen atoms in total. The molecule has 0 aliphatic heterocycles. The number of esters is 1. The van der Waals surface area contributed by atoms with Gasteiger partial charge >= 0.3 is 5.97 Å². The maximum Gasteiger partial charge on any atom is 0.340 e. The number of carbonyl (C=O) groups excluding carboxylic acids is 1. The summed E-state index contributed by atoms with van der Waals surface area (Å²) in [6.07, 6.45) is 0.748. The maximum atomic E-state index is 12.2. The number of rotatable bonds is 6. The minimum atomic E-state index is -0.378. The van der Waals surface area contributed by atoms with Crippen molar-refractivity contribution in [3.63, 3.8) is 0 Å². The van der Waals surface area contributed by atoms with Crippen molar-refractivity contribution in [2.24, 2.45) is 0 Å². The fourth-order valence-corrected chi connectivity index (χ4v) is 4.27. The SMILES string of the molecule is COC(=O)c1cc(Cc2ccccc2)sc1NC(=S)NC(C)c1ccccc1. The zero-order valence-electron chi connectivity index (χ0n) is 15.8. The van der Waals surface area contributed by atoms with E-state index in [9.17, 15) is 4.79 Å². The number of ether oxygens (including phenoxy) is 1. The fourth-order valence-electron chi connectivity index (χ4n) is 2.84. The topological polar surface area (TPSA) is 50.4 Å². The van der Waals surface area contributed by atoms with Gasteiger partial charge in [0.05, 0.1) is 18.7 Å². The lowest BCUT2D eigenvalue weighted by molar-refractivity contribution is 0.0602. The Labute approximate surface area is 174 Å². The van der Waals surface area contributed by atoms with Crippen molar-refractivity contribution >= 4 is 39.6 Å². The van der Waals surface area contributed by atoms with E-state index in [1.807, 2.05) is 61.5 Å². The average Bonchev–Trinajstić information content (AvgIpc) is 3.10. The summed E-state index contributed by atoms with van der Waals surface area (Å²) in [5, 5.41) is 7.59. The second kappa shape index (κ2) is 9.48. The van der Waals surface area contributed by atoms with Crippen molar-refractivity contribution in [3.8, 4) is 0 Å². The molecule has 0 bridgehead atoms. The van der Waals surface area contributed by atoms with E-state index in [0.717, 1.165) is 16.9 Å². The van der Waals surface area contributed by atoms with E-state index >= 15 is 0 Å². The van der Waals surface area contributed by atoms with Crippen LogP contribution in [0.5, 0.6) is 0 Å². The number of benzene rings is 2. The molecule has 1 atom stereocenters. The predicted molar refractivity (Wildman–Crippen MR) is 119 cm³/mol. The van der Waals surface area contributed by atoms with Crippen LogP contribution in [-0.2, 0) is 11.2 Å². The number of thiocarbonyl (C=S) groups is 1. The number of thiophene rings is 1. The quantitative estimate of drug-likeness (QED) is 0.433. The molecular weight excluding hydrogens is 388 g/mol. The molecule has 3 aromatic rings. The molecule has 0 amide bonds. The molecule has 0 radical (unpaired) electrons. The molecule has 6 heteroatoms. The molecule has 0 saturated carbocycles. The Hall–Kier alpha value is -2.70. The Morgan fingerprint density at radius 3 is 2.39 bits per heavy atom. The molecule has 0 fully saturated rings. The fraction of sp³-hybridized carbons (Fsp3) is 0.182. The van der Waals surface area contributed by atoms with Crippen molar-refractivity contribution in [2.45, 2.75) is 19.4 Å². The average molecular weight is 411 g/mol. The number of hydrogen-bond acceptors (Lipinski definition) is 4. The van der Waals surface area contributed by atoms with E-state index < -0.39 is 0 Å². The van der Waals surface area contributed by atoms with Gasteiger partial charge in [-0.15, -0.1) is 11.3 Å². The molecular formula is C22H22N2O2S2. The Balaban J connectivity index is 1.74. The molecule has 0 aliphatic carbocycles. The first-order chi connectivity index (χ1) is 13.6. The standard InChI is InChI=1S/C22H22N2O2S2/c1-15(17-11-7-4-8-12-17)23-22(27)24-20-19(21(25)26-2)14-18(28-20)13-16-9-5-3-6-10-16/h3-12,14-15H,13H2,1-2H3,(H2,23,24,27). The number of carbonyl (C=O) groups is 1. The largest absolute Gasteiger partial charge is 0.465 e. The van der Waals surface area contributed by atoms with Crippen LogP contribution in [0.3, 0.4) is 0 Å². The van der Waals surface area contributed by atoms with Crippen LogP contribution in [0.4, 0.5) is 5.00 Å². The zero-order chi connectivity index (χ0) is 19.9. The third kappa shape index (κ3) is 5.18. The van der Waals surface area contributed by atoms with Crippen LogP contribution < -0.4 is 10.6 Å². The van der Waals surface area contributed by atoms with Crippen LogP contribution in [0.25, 0.3) is 0 Å². The lowest BCUT2D eigenvalue weighted by Crippen LogP contribution is -2.31. The third-order valence-electron chi connectivity index (χ3n) is 4.28. The van der Waals surface area contributed by atoms with E-state index in [0.29, 0.717) is 15.7 Å². The molecule has 0 spiro atoms.